The largest absolute Gasteiger partial charge is 0.486 e. The van der Waals surface area contributed by atoms with Crippen molar-refractivity contribution in [1.82, 2.24) is 4.31 Å². The Labute approximate surface area is 136 Å². The van der Waals surface area contributed by atoms with Gasteiger partial charge < -0.3 is 14.4 Å². The molecule has 0 radical (unpaired) electrons. The summed E-state index contributed by atoms with van der Waals surface area (Å²) in [6, 6.07) is 6.83. The van der Waals surface area contributed by atoms with Crippen LogP contribution in [0.5, 0.6) is 11.5 Å². The van der Waals surface area contributed by atoms with Gasteiger partial charge in [-0.15, -0.1) is 0 Å². The van der Waals surface area contributed by atoms with Gasteiger partial charge in [0.2, 0.25) is 10.0 Å². The number of sulfonamides is 1. The number of hydrogen-bond donors (Lipinski definition) is 1. The highest BCUT2D eigenvalue weighted by Gasteiger charge is 2.32. The lowest BCUT2D eigenvalue weighted by Gasteiger charge is -2.32. The van der Waals surface area contributed by atoms with E-state index in [9.17, 15) is 8.42 Å². The van der Waals surface area contributed by atoms with Gasteiger partial charge in [0.05, 0.1) is 31.1 Å². The number of fused-ring (bicyclic) bond motifs is 1. The van der Waals surface area contributed by atoms with Gasteiger partial charge in [0.15, 0.2) is 17.5 Å². The second-order valence-electron chi connectivity index (χ2n) is 5.72. The van der Waals surface area contributed by atoms with Gasteiger partial charge in [0.25, 0.3) is 0 Å². The van der Waals surface area contributed by atoms with Gasteiger partial charge in [0, 0.05) is 13.0 Å². The summed E-state index contributed by atoms with van der Waals surface area (Å²) in [4.78, 5) is 1.35. The van der Waals surface area contributed by atoms with Crippen LogP contribution in [0.15, 0.2) is 23.1 Å². The molecule has 8 heteroatoms. The standard InChI is InChI=1S/C15H19N3O4S/c1-12(11-16)17-4-6-18(7-5-17)23(19,20)13-2-3-14-15(10-13)22-9-8-21-14/h2-3,10,12H,4-9H2,1H3/p+1/t12-/m0/s1. The van der Waals surface area contributed by atoms with Crippen LogP contribution in [0.25, 0.3) is 0 Å². The van der Waals surface area contributed by atoms with Crippen molar-refractivity contribution in [2.75, 3.05) is 39.4 Å². The molecule has 1 fully saturated rings. The average molecular weight is 338 g/mol. The topological polar surface area (TPSA) is 84.1 Å². The van der Waals surface area contributed by atoms with Gasteiger partial charge in [-0.25, -0.2) is 8.42 Å². The second kappa shape index (κ2) is 6.35. The van der Waals surface area contributed by atoms with E-state index >= 15 is 0 Å². The molecule has 1 aromatic rings. The maximum absolute atomic E-state index is 12.8. The number of rotatable bonds is 3. The van der Waals surface area contributed by atoms with Crippen LogP contribution >= 0.6 is 0 Å². The zero-order valence-corrected chi connectivity index (χ0v) is 13.8. The van der Waals surface area contributed by atoms with Crippen LogP contribution in [0.4, 0.5) is 0 Å². The van der Waals surface area contributed by atoms with Crippen LogP contribution < -0.4 is 14.4 Å². The average Bonchev–Trinajstić information content (AvgIpc) is 2.60. The highest BCUT2D eigenvalue weighted by Crippen LogP contribution is 2.33. The molecule has 0 saturated carbocycles. The SMILES string of the molecule is C[C@@H](C#N)[NH+]1CCN(S(=O)(=O)c2ccc3c(c2)OCCO3)CC1. The first-order valence-corrected chi connectivity index (χ1v) is 9.10. The lowest BCUT2D eigenvalue weighted by Crippen LogP contribution is -3.17. The quantitative estimate of drug-likeness (QED) is 0.785. The van der Waals surface area contributed by atoms with Crippen LogP contribution in [-0.2, 0) is 10.0 Å². The van der Waals surface area contributed by atoms with Gasteiger partial charge >= 0.3 is 0 Å². The summed E-state index contributed by atoms with van der Waals surface area (Å²) >= 11 is 0. The molecule has 0 bridgehead atoms. The molecule has 1 saturated heterocycles. The molecule has 0 unspecified atom stereocenters. The van der Waals surface area contributed by atoms with E-state index in [2.05, 4.69) is 6.07 Å². The van der Waals surface area contributed by atoms with Gasteiger partial charge in [0.1, 0.15) is 19.3 Å². The third-order valence-electron chi connectivity index (χ3n) is 4.32. The molecular formula is C15H20N3O4S+. The Morgan fingerprint density at radius 3 is 2.52 bits per heavy atom. The van der Waals surface area contributed by atoms with E-state index in [0.29, 0.717) is 50.9 Å². The number of nitrogens with zero attached hydrogens (tertiary/aromatic N) is 2. The fourth-order valence-corrected chi connectivity index (χ4v) is 4.33. The maximum Gasteiger partial charge on any atom is 0.243 e. The molecular weight excluding hydrogens is 318 g/mol. The van der Waals surface area contributed by atoms with Crippen molar-refractivity contribution in [2.24, 2.45) is 0 Å². The molecule has 0 aliphatic carbocycles. The van der Waals surface area contributed by atoms with E-state index in [1.165, 1.54) is 10.4 Å². The molecule has 1 N–H and O–H groups in total. The number of ether oxygens (including phenoxy) is 2. The van der Waals surface area contributed by atoms with E-state index < -0.39 is 10.0 Å². The lowest BCUT2D eigenvalue weighted by atomic mass is 10.2. The van der Waals surface area contributed by atoms with Crippen molar-refractivity contribution >= 4 is 10.0 Å². The third kappa shape index (κ3) is 3.13. The number of quaternary nitrogens is 1. The molecule has 0 aromatic heterocycles. The molecule has 1 atom stereocenters. The molecule has 124 valence electrons. The van der Waals surface area contributed by atoms with Gasteiger partial charge in [-0.05, 0) is 12.1 Å². The van der Waals surface area contributed by atoms with Crippen molar-refractivity contribution < 1.29 is 22.8 Å². The Balaban J connectivity index is 1.76. The van der Waals surface area contributed by atoms with Crippen molar-refractivity contribution in [2.45, 2.75) is 17.9 Å². The summed E-state index contributed by atoms with van der Waals surface area (Å²) in [5.41, 5.74) is 0. The smallest absolute Gasteiger partial charge is 0.243 e. The number of nitrogens with one attached hydrogen (secondary N) is 1. The van der Waals surface area contributed by atoms with E-state index in [4.69, 9.17) is 14.7 Å². The minimum absolute atomic E-state index is 0.117. The molecule has 23 heavy (non-hydrogen) atoms. The first-order chi connectivity index (χ1) is 11.0. The molecule has 2 heterocycles. The monoisotopic (exact) mass is 338 g/mol. The lowest BCUT2D eigenvalue weighted by molar-refractivity contribution is -0.918. The Hall–Kier alpha value is -1.82. The Kier molecular flexibility index (Phi) is 4.43. The van der Waals surface area contributed by atoms with Crippen LogP contribution in [-0.4, -0.2) is 58.2 Å². The van der Waals surface area contributed by atoms with Crippen LogP contribution in [0, 0.1) is 11.3 Å². The number of nitriles is 1. The van der Waals surface area contributed by atoms with E-state index in [0.717, 1.165) is 4.90 Å². The molecule has 0 amide bonds. The highest BCUT2D eigenvalue weighted by molar-refractivity contribution is 7.89. The van der Waals surface area contributed by atoms with Crippen molar-refractivity contribution in [3.05, 3.63) is 18.2 Å². The predicted octanol–water partition coefficient (Wildman–Crippen LogP) is -0.741. The minimum Gasteiger partial charge on any atom is -0.486 e. The van der Waals surface area contributed by atoms with E-state index in [-0.39, 0.29) is 10.9 Å². The summed E-state index contributed by atoms with van der Waals surface area (Å²) in [5, 5.41) is 8.97. The number of hydrogen-bond acceptors (Lipinski definition) is 5. The van der Waals surface area contributed by atoms with E-state index in [1.54, 1.807) is 12.1 Å². The van der Waals surface area contributed by atoms with Crippen molar-refractivity contribution in [3.63, 3.8) is 0 Å². The zero-order chi connectivity index (χ0) is 16.4. The normalized spacial score (nSPS) is 20.7. The number of piperazine rings is 1. The summed E-state index contributed by atoms with van der Waals surface area (Å²) in [5.74, 6) is 1.05. The van der Waals surface area contributed by atoms with Crippen molar-refractivity contribution in [3.8, 4) is 17.6 Å². The summed E-state index contributed by atoms with van der Waals surface area (Å²) in [6.07, 6.45) is 0. The fourth-order valence-electron chi connectivity index (χ4n) is 2.87. The van der Waals surface area contributed by atoms with Crippen molar-refractivity contribution in [1.29, 1.82) is 5.26 Å². The molecule has 2 aliphatic rings. The van der Waals surface area contributed by atoms with E-state index in [1.807, 2.05) is 6.92 Å². The molecule has 3 rings (SSSR count). The predicted molar refractivity (Wildman–Crippen MR) is 82.0 cm³/mol. The van der Waals surface area contributed by atoms with Gasteiger partial charge in [-0.3, -0.25) is 0 Å². The maximum atomic E-state index is 12.8. The van der Waals surface area contributed by atoms with Crippen LogP contribution in [0.1, 0.15) is 6.92 Å². The first kappa shape index (κ1) is 16.1. The Bertz CT molecular complexity index is 721. The molecule has 2 aliphatic heterocycles. The zero-order valence-electron chi connectivity index (χ0n) is 13.0. The summed E-state index contributed by atoms with van der Waals surface area (Å²) in [6.45, 7) is 4.86. The van der Waals surface area contributed by atoms with Gasteiger partial charge in [-0.1, -0.05) is 0 Å². The third-order valence-corrected chi connectivity index (χ3v) is 6.22. The van der Waals surface area contributed by atoms with Gasteiger partial charge in [-0.2, -0.15) is 9.57 Å². The minimum atomic E-state index is -3.55. The van der Waals surface area contributed by atoms with Crippen LogP contribution in [0.3, 0.4) is 0 Å². The Morgan fingerprint density at radius 1 is 1.22 bits per heavy atom. The second-order valence-corrected chi connectivity index (χ2v) is 7.66. The van der Waals surface area contributed by atoms with Crippen LogP contribution in [0.2, 0.25) is 0 Å². The summed E-state index contributed by atoms with van der Waals surface area (Å²) < 4.78 is 37.9. The number of benzene rings is 1. The molecule has 0 spiro atoms. The summed E-state index contributed by atoms with van der Waals surface area (Å²) in [7, 11) is -3.55. The molecule has 7 nitrogen and oxygen atoms in total. The molecule has 1 aromatic carbocycles. The Morgan fingerprint density at radius 2 is 1.87 bits per heavy atom. The highest BCUT2D eigenvalue weighted by atomic mass is 32.2. The fraction of sp³-hybridized carbons (Fsp3) is 0.533. The first-order valence-electron chi connectivity index (χ1n) is 7.66.